The number of carbonyl (C=O) groups excluding carboxylic acids is 1. The first-order valence-electron chi connectivity index (χ1n) is 13.8. The zero-order valence-electron chi connectivity index (χ0n) is 22.5. The Morgan fingerprint density at radius 3 is 2.60 bits per heavy atom. The van der Waals surface area contributed by atoms with Crippen LogP contribution in [0, 0.1) is 0 Å². The average Bonchev–Trinajstić information content (AvgIpc) is 3.57. The Hall–Kier alpha value is -3.44. The molecule has 2 fully saturated rings. The molecule has 2 aliphatic carbocycles. The molecule has 2 aromatic carbocycles. The van der Waals surface area contributed by atoms with Crippen LogP contribution < -0.4 is 10.6 Å². The fraction of sp³-hybridized carbons (Fsp3) is 0.414. The molecule has 0 saturated heterocycles. The molecule has 2 aliphatic rings. The number of aromatic nitrogens is 3. The Bertz CT molecular complexity index is 1630. The maximum Gasteiger partial charge on any atom is 0.407 e. The normalized spacial score (nSPS) is 19.6. The molecule has 0 radical (unpaired) electrons. The van der Waals surface area contributed by atoms with Gasteiger partial charge < -0.3 is 15.4 Å². The fourth-order valence-corrected chi connectivity index (χ4v) is 8.38. The van der Waals surface area contributed by atoms with Gasteiger partial charge in [-0.3, -0.25) is 5.10 Å². The molecule has 0 unspecified atom stereocenters. The van der Waals surface area contributed by atoms with Crippen molar-refractivity contribution in [1.82, 2.24) is 20.5 Å². The number of nitrogens with zero attached hydrogens (tertiary/aromatic N) is 2. The number of carbonyl (C=O) groups is 1. The van der Waals surface area contributed by atoms with Gasteiger partial charge in [0.1, 0.15) is 0 Å². The number of hydrogen-bond acceptors (Lipinski definition) is 8. The van der Waals surface area contributed by atoms with Gasteiger partial charge in [-0.1, -0.05) is 18.2 Å². The zero-order chi connectivity index (χ0) is 27.9. The number of aromatic amines is 1. The summed E-state index contributed by atoms with van der Waals surface area (Å²) >= 11 is 1.57. The Morgan fingerprint density at radius 1 is 1.07 bits per heavy atom. The minimum absolute atomic E-state index is 0.101. The van der Waals surface area contributed by atoms with E-state index in [2.05, 4.69) is 20.8 Å². The van der Waals surface area contributed by atoms with Gasteiger partial charge in [-0.2, -0.15) is 5.10 Å². The summed E-state index contributed by atoms with van der Waals surface area (Å²) in [6.07, 6.45) is 6.22. The maximum atomic E-state index is 13.5. The lowest BCUT2D eigenvalue weighted by molar-refractivity contribution is 0.109. The number of anilines is 2. The third-order valence-corrected chi connectivity index (χ3v) is 11.0. The molecule has 0 bridgehead atoms. The summed E-state index contributed by atoms with van der Waals surface area (Å²) < 4.78 is 32.3. The molecule has 3 N–H and O–H groups in total. The summed E-state index contributed by atoms with van der Waals surface area (Å²) in [5.41, 5.74) is 2.27. The van der Waals surface area contributed by atoms with Gasteiger partial charge in [-0.05, 0) is 76.6 Å². The van der Waals surface area contributed by atoms with Crippen LogP contribution in [-0.4, -0.2) is 47.1 Å². The molecule has 2 heterocycles. The van der Waals surface area contributed by atoms with Crippen LogP contribution in [0.4, 0.5) is 16.3 Å². The molecule has 0 atom stereocenters. The maximum absolute atomic E-state index is 13.5. The third-order valence-electron chi connectivity index (χ3n) is 7.51. The first kappa shape index (κ1) is 26.8. The molecular weight excluding hydrogens is 546 g/mol. The number of rotatable bonds is 8. The molecule has 210 valence electrons. The van der Waals surface area contributed by atoms with Gasteiger partial charge in [0.05, 0.1) is 31.7 Å². The van der Waals surface area contributed by atoms with Crippen LogP contribution in [0.5, 0.6) is 0 Å². The lowest BCUT2D eigenvalue weighted by Gasteiger charge is -2.28. The summed E-state index contributed by atoms with van der Waals surface area (Å²) in [5, 5.41) is 15.3. The SMILES string of the molecule is CC(C)OC(=O)N[C@H]1CC[C@H](c2ncc(-c3ccc(Nc4n[nH]c5ccccc45)cc3S(=O)(=O)C3CC3)s2)CC1. The molecule has 11 heteroatoms. The smallest absolute Gasteiger partial charge is 0.407 e. The molecule has 40 heavy (non-hydrogen) atoms. The number of H-pyrrole nitrogens is 1. The molecule has 2 saturated carbocycles. The lowest BCUT2D eigenvalue weighted by atomic mass is 9.86. The highest BCUT2D eigenvalue weighted by Gasteiger charge is 2.39. The van der Waals surface area contributed by atoms with Crippen LogP contribution in [0.2, 0.25) is 0 Å². The number of para-hydroxylation sites is 1. The van der Waals surface area contributed by atoms with Crippen LogP contribution in [-0.2, 0) is 14.6 Å². The van der Waals surface area contributed by atoms with Gasteiger partial charge in [0.2, 0.25) is 0 Å². The molecule has 4 aromatic rings. The van der Waals surface area contributed by atoms with E-state index < -0.39 is 9.84 Å². The van der Waals surface area contributed by atoms with E-state index in [1.807, 2.05) is 50.2 Å². The van der Waals surface area contributed by atoms with Crippen LogP contribution in [0.3, 0.4) is 0 Å². The number of thiazole rings is 1. The van der Waals surface area contributed by atoms with E-state index in [9.17, 15) is 13.2 Å². The first-order chi connectivity index (χ1) is 19.3. The second-order valence-electron chi connectivity index (χ2n) is 10.9. The van der Waals surface area contributed by atoms with Gasteiger partial charge in [-0.25, -0.2) is 18.2 Å². The summed E-state index contributed by atoms with van der Waals surface area (Å²) in [6.45, 7) is 3.67. The van der Waals surface area contributed by atoms with Gasteiger partial charge >= 0.3 is 6.09 Å². The van der Waals surface area contributed by atoms with Gasteiger partial charge in [0, 0.05) is 34.8 Å². The number of benzene rings is 2. The number of ether oxygens (including phenoxy) is 1. The Balaban J connectivity index is 1.22. The largest absolute Gasteiger partial charge is 0.447 e. The highest BCUT2D eigenvalue weighted by atomic mass is 32.2. The van der Waals surface area contributed by atoms with Crippen LogP contribution in [0.15, 0.2) is 53.6 Å². The zero-order valence-corrected chi connectivity index (χ0v) is 24.1. The number of sulfone groups is 1. The minimum Gasteiger partial charge on any atom is -0.447 e. The van der Waals surface area contributed by atoms with Crippen molar-refractivity contribution in [2.75, 3.05) is 5.32 Å². The standard InChI is InChI=1S/C29H33N5O4S2/c1-17(2)38-29(35)32-19-9-7-18(8-10-19)28-30-16-25(39-28)23-14-11-20(15-26(23)40(36,37)21-12-13-21)31-27-22-5-3-4-6-24(22)33-34-27/h3-6,11,14-19,21H,7-10,12-13H2,1-2H3,(H,32,35)(H2,31,33,34)/t18-,19-. The average molecular weight is 580 g/mol. The highest BCUT2D eigenvalue weighted by Crippen LogP contribution is 2.43. The van der Waals surface area contributed by atoms with Crippen molar-refractivity contribution in [1.29, 1.82) is 0 Å². The fourth-order valence-electron chi connectivity index (χ4n) is 5.29. The molecule has 0 aliphatic heterocycles. The molecule has 9 nitrogen and oxygen atoms in total. The number of fused-ring (bicyclic) bond motifs is 1. The van der Waals surface area contributed by atoms with Gasteiger partial charge in [0.15, 0.2) is 15.7 Å². The van der Waals surface area contributed by atoms with E-state index in [-0.39, 0.29) is 29.4 Å². The quantitative estimate of drug-likeness (QED) is 0.217. The number of nitrogens with one attached hydrogen (secondary N) is 3. The van der Waals surface area contributed by atoms with Crippen molar-refractivity contribution in [3.8, 4) is 10.4 Å². The Morgan fingerprint density at radius 2 is 1.85 bits per heavy atom. The Kier molecular flexibility index (Phi) is 7.26. The van der Waals surface area contributed by atoms with Gasteiger partial charge in [-0.15, -0.1) is 11.3 Å². The molecule has 1 amide bonds. The second kappa shape index (κ2) is 10.9. The highest BCUT2D eigenvalue weighted by molar-refractivity contribution is 7.92. The third kappa shape index (κ3) is 5.57. The molecular formula is C29H33N5O4S2. The van der Waals surface area contributed by atoms with Crippen molar-refractivity contribution in [3.05, 3.63) is 53.7 Å². The number of alkyl carbamates (subject to hydrolysis) is 1. The van der Waals surface area contributed by atoms with Crippen molar-refractivity contribution in [3.63, 3.8) is 0 Å². The monoisotopic (exact) mass is 579 g/mol. The van der Waals surface area contributed by atoms with E-state index in [4.69, 9.17) is 9.72 Å². The molecule has 6 rings (SSSR count). The topological polar surface area (TPSA) is 126 Å². The van der Waals surface area contributed by atoms with Crippen molar-refractivity contribution >= 4 is 49.7 Å². The minimum atomic E-state index is -3.47. The number of hydrogen-bond donors (Lipinski definition) is 3. The van der Waals surface area contributed by atoms with E-state index in [0.29, 0.717) is 34.8 Å². The molecule has 2 aromatic heterocycles. The first-order valence-corrected chi connectivity index (χ1v) is 16.2. The summed E-state index contributed by atoms with van der Waals surface area (Å²) in [6, 6.07) is 13.4. The predicted molar refractivity (Wildman–Crippen MR) is 157 cm³/mol. The summed E-state index contributed by atoms with van der Waals surface area (Å²) in [5.74, 6) is 0.941. The van der Waals surface area contributed by atoms with E-state index in [1.54, 1.807) is 23.6 Å². The van der Waals surface area contributed by atoms with E-state index in [0.717, 1.165) is 46.5 Å². The Labute approximate surface area is 237 Å². The predicted octanol–water partition coefficient (Wildman–Crippen LogP) is 6.53. The summed E-state index contributed by atoms with van der Waals surface area (Å²) in [7, 11) is -3.47. The van der Waals surface area contributed by atoms with Crippen LogP contribution in [0.25, 0.3) is 21.3 Å². The van der Waals surface area contributed by atoms with E-state index in [1.165, 1.54) is 0 Å². The lowest BCUT2D eigenvalue weighted by Crippen LogP contribution is -2.38. The van der Waals surface area contributed by atoms with Crippen molar-refractivity contribution in [2.45, 2.75) is 80.6 Å². The van der Waals surface area contributed by atoms with Gasteiger partial charge in [0.25, 0.3) is 0 Å². The summed E-state index contributed by atoms with van der Waals surface area (Å²) in [4.78, 5) is 17.9. The van der Waals surface area contributed by atoms with Crippen molar-refractivity contribution in [2.24, 2.45) is 0 Å². The number of amides is 1. The second-order valence-corrected chi connectivity index (χ2v) is 14.2. The van der Waals surface area contributed by atoms with Crippen LogP contribution in [0.1, 0.15) is 63.3 Å². The van der Waals surface area contributed by atoms with E-state index >= 15 is 0 Å². The van der Waals surface area contributed by atoms with Crippen molar-refractivity contribution < 1.29 is 17.9 Å². The molecule has 0 spiro atoms. The van der Waals surface area contributed by atoms with Crippen LogP contribution >= 0.6 is 11.3 Å².